The summed E-state index contributed by atoms with van der Waals surface area (Å²) in [5.41, 5.74) is 6.40. The quantitative estimate of drug-likeness (QED) is 0.880. The van der Waals surface area contributed by atoms with Crippen molar-refractivity contribution < 1.29 is 4.79 Å². The van der Waals surface area contributed by atoms with Gasteiger partial charge in [0.2, 0.25) is 5.91 Å². The van der Waals surface area contributed by atoms with Crippen LogP contribution in [0.5, 0.6) is 0 Å². The Morgan fingerprint density at radius 2 is 2.28 bits per heavy atom. The zero-order valence-corrected chi connectivity index (χ0v) is 11.3. The second-order valence-corrected chi connectivity index (χ2v) is 5.44. The van der Waals surface area contributed by atoms with Crippen LogP contribution in [0, 0.1) is 0 Å². The monoisotopic (exact) mass is 266 g/mol. The molecule has 1 unspecified atom stereocenters. The van der Waals surface area contributed by atoms with Gasteiger partial charge < -0.3 is 11.1 Å². The predicted molar refractivity (Wildman–Crippen MR) is 73.4 cm³/mol. The molecule has 3 nitrogen and oxygen atoms in total. The molecule has 0 saturated heterocycles. The first-order chi connectivity index (χ1) is 8.55. The SMILES string of the molecule is CCC(NC(=O)C1(N)CCC1)c1cccc(Cl)c1. The number of hydrogen-bond acceptors (Lipinski definition) is 2. The number of benzene rings is 1. The minimum absolute atomic E-state index is 0.0165. The molecule has 0 spiro atoms. The van der Waals surface area contributed by atoms with E-state index in [1.165, 1.54) is 0 Å². The van der Waals surface area contributed by atoms with Crippen molar-refractivity contribution in [3.8, 4) is 0 Å². The number of rotatable bonds is 4. The van der Waals surface area contributed by atoms with E-state index in [9.17, 15) is 4.79 Å². The fourth-order valence-corrected chi connectivity index (χ4v) is 2.43. The van der Waals surface area contributed by atoms with E-state index in [-0.39, 0.29) is 11.9 Å². The van der Waals surface area contributed by atoms with Gasteiger partial charge in [-0.25, -0.2) is 0 Å². The summed E-state index contributed by atoms with van der Waals surface area (Å²) < 4.78 is 0. The predicted octanol–water partition coefficient (Wildman–Crippen LogP) is 2.79. The molecule has 0 aromatic heterocycles. The Morgan fingerprint density at radius 1 is 1.56 bits per heavy atom. The first kappa shape index (κ1) is 13.4. The standard InChI is InChI=1S/C14H19ClN2O/c1-2-12(10-5-3-6-11(15)9-10)17-13(18)14(16)7-4-8-14/h3,5-6,9,12H,2,4,7-8,16H2,1H3,(H,17,18). The molecule has 1 amide bonds. The maximum Gasteiger partial charge on any atom is 0.240 e. The molecule has 0 bridgehead atoms. The van der Waals surface area contributed by atoms with Crippen LogP contribution >= 0.6 is 11.6 Å². The average Bonchev–Trinajstić information content (AvgIpc) is 2.32. The Hall–Kier alpha value is -1.06. The summed E-state index contributed by atoms with van der Waals surface area (Å²) in [6.45, 7) is 2.04. The van der Waals surface area contributed by atoms with E-state index < -0.39 is 5.54 Å². The lowest BCUT2D eigenvalue weighted by molar-refractivity contribution is -0.130. The summed E-state index contributed by atoms with van der Waals surface area (Å²) in [5, 5.41) is 3.72. The van der Waals surface area contributed by atoms with Crippen molar-refractivity contribution in [3.05, 3.63) is 34.9 Å². The highest BCUT2D eigenvalue weighted by molar-refractivity contribution is 6.30. The highest BCUT2D eigenvalue weighted by atomic mass is 35.5. The third-order valence-corrected chi connectivity index (χ3v) is 3.90. The minimum atomic E-state index is -0.647. The van der Waals surface area contributed by atoms with Crippen molar-refractivity contribution in [2.45, 2.75) is 44.2 Å². The number of carbonyl (C=O) groups excluding carboxylic acids is 1. The molecule has 1 atom stereocenters. The molecule has 1 aliphatic carbocycles. The van der Waals surface area contributed by atoms with Crippen molar-refractivity contribution in [1.82, 2.24) is 5.32 Å². The van der Waals surface area contributed by atoms with Crippen LogP contribution in [0.1, 0.15) is 44.2 Å². The summed E-state index contributed by atoms with van der Waals surface area (Å²) in [5.74, 6) is -0.0411. The normalized spacial score (nSPS) is 18.8. The molecule has 2 rings (SSSR count). The van der Waals surface area contributed by atoms with E-state index >= 15 is 0 Å². The summed E-state index contributed by atoms with van der Waals surface area (Å²) in [6.07, 6.45) is 3.43. The van der Waals surface area contributed by atoms with E-state index in [2.05, 4.69) is 5.32 Å². The maximum absolute atomic E-state index is 12.1. The third-order valence-electron chi connectivity index (χ3n) is 3.66. The van der Waals surface area contributed by atoms with Gasteiger partial charge in [-0.05, 0) is 43.4 Å². The first-order valence-corrected chi connectivity index (χ1v) is 6.78. The van der Waals surface area contributed by atoms with Crippen LogP contribution in [-0.4, -0.2) is 11.4 Å². The van der Waals surface area contributed by atoms with Crippen LogP contribution in [0.3, 0.4) is 0 Å². The van der Waals surface area contributed by atoms with Crippen molar-refractivity contribution >= 4 is 17.5 Å². The Balaban J connectivity index is 2.07. The first-order valence-electron chi connectivity index (χ1n) is 6.40. The Bertz CT molecular complexity index is 443. The van der Waals surface area contributed by atoms with Crippen LogP contribution < -0.4 is 11.1 Å². The van der Waals surface area contributed by atoms with E-state index in [1.807, 2.05) is 31.2 Å². The molecule has 1 saturated carbocycles. The molecule has 0 radical (unpaired) electrons. The fraction of sp³-hybridized carbons (Fsp3) is 0.500. The summed E-state index contributed by atoms with van der Waals surface area (Å²) in [6, 6.07) is 7.58. The number of nitrogens with one attached hydrogen (secondary N) is 1. The van der Waals surface area contributed by atoms with Crippen LogP contribution in [0.4, 0.5) is 0 Å². The molecule has 0 aliphatic heterocycles. The molecule has 98 valence electrons. The van der Waals surface area contributed by atoms with Gasteiger partial charge >= 0.3 is 0 Å². The number of nitrogens with two attached hydrogens (primary N) is 1. The maximum atomic E-state index is 12.1. The highest BCUT2D eigenvalue weighted by Crippen LogP contribution is 2.30. The van der Waals surface area contributed by atoms with Crippen LogP contribution in [0.15, 0.2) is 24.3 Å². The Labute approximate surface area is 113 Å². The molecule has 4 heteroatoms. The van der Waals surface area contributed by atoms with E-state index in [0.717, 1.165) is 31.2 Å². The van der Waals surface area contributed by atoms with Crippen LogP contribution in [-0.2, 0) is 4.79 Å². The van der Waals surface area contributed by atoms with Gasteiger partial charge in [0.1, 0.15) is 0 Å². The second kappa shape index (κ2) is 5.29. The van der Waals surface area contributed by atoms with E-state index in [0.29, 0.717) is 5.02 Å². The molecule has 0 heterocycles. The smallest absolute Gasteiger partial charge is 0.240 e. The van der Waals surface area contributed by atoms with Gasteiger partial charge in [0.25, 0.3) is 0 Å². The van der Waals surface area contributed by atoms with Crippen molar-refractivity contribution in [2.24, 2.45) is 5.73 Å². The third kappa shape index (κ3) is 2.68. The number of carbonyl (C=O) groups is 1. The lowest BCUT2D eigenvalue weighted by Crippen LogP contribution is -2.58. The fourth-order valence-electron chi connectivity index (χ4n) is 2.23. The van der Waals surface area contributed by atoms with Gasteiger partial charge in [0.15, 0.2) is 0 Å². The van der Waals surface area contributed by atoms with Gasteiger partial charge in [0.05, 0.1) is 11.6 Å². The largest absolute Gasteiger partial charge is 0.348 e. The lowest BCUT2D eigenvalue weighted by Gasteiger charge is -2.37. The average molecular weight is 267 g/mol. The van der Waals surface area contributed by atoms with E-state index in [4.69, 9.17) is 17.3 Å². The van der Waals surface area contributed by atoms with Crippen molar-refractivity contribution in [3.63, 3.8) is 0 Å². The topological polar surface area (TPSA) is 55.1 Å². The molecular formula is C14H19ClN2O. The molecule has 1 aliphatic rings. The molecule has 1 aromatic rings. The second-order valence-electron chi connectivity index (χ2n) is 5.00. The molecule has 18 heavy (non-hydrogen) atoms. The van der Waals surface area contributed by atoms with Gasteiger partial charge in [-0.1, -0.05) is 30.7 Å². The van der Waals surface area contributed by atoms with Gasteiger partial charge in [-0.2, -0.15) is 0 Å². The van der Waals surface area contributed by atoms with Crippen molar-refractivity contribution in [1.29, 1.82) is 0 Å². The van der Waals surface area contributed by atoms with Gasteiger partial charge in [-0.3, -0.25) is 4.79 Å². The number of halogens is 1. The van der Waals surface area contributed by atoms with Crippen LogP contribution in [0.25, 0.3) is 0 Å². The zero-order chi connectivity index (χ0) is 13.2. The molecule has 1 aromatic carbocycles. The highest BCUT2D eigenvalue weighted by Gasteiger charge is 2.40. The van der Waals surface area contributed by atoms with Gasteiger partial charge in [0, 0.05) is 5.02 Å². The van der Waals surface area contributed by atoms with Crippen LogP contribution in [0.2, 0.25) is 5.02 Å². The lowest BCUT2D eigenvalue weighted by atomic mass is 9.77. The van der Waals surface area contributed by atoms with Gasteiger partial charge in [-0.15, -0.1) is 0 Å². The summed E-state index contributed by atoms with van der Waals surface area (Å²) >= 11 is 5.97. The summed E-state index contributed by atoms with van der Waals surface area (Å²) in [4.78, 5) is 12.1. The molecular weight excluding hydrogens is 248 g/mol. The number of amides is 1. The zero-order valence-electron chi connectivity index (χ0n) is 10.6. The van der Waals surface area contributed by atoms with Crippen molar-refractivity contribution in [2.75, 3.05) is 0 Å². The number of hydrogen-bond donors (Lipinski definition) is 2. The molecule has 1 fully saturated rings. The minimum Gasteiger partial charge on any atom is -0.348 e. The molecule has 3 N–H and O–H groups in total. The van der Waals surface area contributed by atoms with E-state index in [1.54, 1.807) is 0 Å². The Kier molecular flexibility index (Phi) is 3.93. The Morgan fingerprint density at radius 3 is 2.78 bits per heavy atom. The summed E-state index contributed by atoms with van der Waals surface area (Å²) in [7, 11) is 0.